The van der Waals surface area contributed by atoms with Gasteiger partial charge in [0.1, 0.15) is 6.10 Å². The largest absolute Gasteiger partial charge is 0.482 e. The average molecular weight is 257 g/mol. The van der Waals surface area contributed by atoms with Crippen LogP contribution in [0.1, 0.15) is 18.1 Å². The van der Waals surface area contributed by atoms with Crippen molar-refractivity contribution in [3.05, 3.63) is 59.8 Å². The zero-order valence-electron chi connectivity index (χ0n) is 9.84. The van der Waals surface area contributed by atoms with Crippen molar-refractivity contribution in [2.24, 2.45) is 0 Å². The second-order valence-corrected chi connectivity index (χ2v) is 4.83. The summed E-state index contributed by atoms with van der Waals surface area (Å²) in [5.41, 5.74) is 1.96. The van der Waals surface area contributed by atoms with Gasteiger partial charge in [-0.15, -0.1) is 0 Å². The van der Waals surface area contributed by atoms with Crippen molar-refractivity contribution in [3.63, 3.8) is 0 Å². The fourth-order valence-corrected chi connectivity index (χ4v) is 2.67. The van der Waals surface area contributed by atoms with Crippen molar-refractivity contribution in [1.82, 2.24) is 0 Å². The van der Waals surface area contributed by atoms with Crippen LogP contribution >= 0.6 is 11.3 Å². The summed E-state index contributed by atoms with van der Waals surface area (Å²) in [6, 6.07) is 9.92. The van der Waals surface area contributed by atoms with Crippen LogP contribution in [0.3, 0.4) is 0 Å². The molecule has 2 nitrogen and oxygen atoms in total. The molecule has 91 valence electrons. The number of ether oxygens (including phenoxy) is 1. The average Bonchev–Trinajstić information content (AvgIpc) is 3.06. The summed E-state index contributed by atoms with van der Waals surface area (Å²) in [5.74, 6) is 0.775. The van der Waals surface area contributed by atoms with Crippen molar-refractivity contribution in [1.29, 1.82) is 0 Å². The highest BCUT2D eigenvalue weighted by Gasteiger charge is 2.14. The fraction of sp³-hybridized carbons (Fsp3) is 0.133. The van der Waals surface area contributed by atoms with Crippen molar-refractivity contribution in [2.45, 2.75) is 12.5 Å². The molecule has 0 aliphatic heterocycles. The molecule has 0 N–H and O–H groups in total. The Kier molecular flexibility index (Phi) is 3.07. The van der Waals surface area contributed by atoms with Crippen LogP contribution in [0.25, 0.3) is 11.0 Å². The van der Waals surface area contributed by atoms with E-state index in [1.165, 1.54) is 5.56 Å². The van der Waals surface area contributed by atoms with Gasteiger partial charge >= 0.3 is 0 Å². The highest BCUT2D eigenvalue weighted by Crippen LogP contribution is 2.32. The molecule has 2 heterocycles. The lowest BCUT2D eigenvalue weighted by atomic mass is 10.1. The lowest BCUT2D eigenvalue weighted by Crippen LogP contribution is -2.05. The topological polar surface area (TPSA) is 22.4 Å². The number of hydrogen-bond donors (Lipinski definition) is 0. The number of benzene rings is 1. The molecule has 18 heavy (non-hydrogen) atoms. The lowest BCUT2D eigenvalue weighted by molar-refractivity contribution is 0.209. The quantitative estimate of drug-likeness (QED) is 0.667. The van der Waals surface area contributed by atoms with Gasteiger partial charge in [-0.3, -0.25) is 0 Å². The Morgan fingerprint density at radius 1 is 1.28 bits per heavy atom. The van der Waals surface area contributed by atoms with Crippen molar-refractivity contribution in [2.75, 3.05) is 0 Å². The fourth-order valence-electron chi connectivity index (χ4n) is 1.96. The summed E-state index contributed by atoms with van der Waals surface area (Å²) >= 11 is 1.67. The molecule has 0 unspecified atom stereocenters. The van der Waals surface area contributed by atoms with Crippen LogP contribution in [0.5, 0.6) is 5.75 Å². The number of rotatable bonds is 4. The van der Waals surface area contributed by atoms with Crippen molar-refractivity contribution < 1.29 is 9.15 Å². The van der Waals surface area contributed by atoms with Crippen molar-refractivity contribution in [3.8, 4) is 5.75 Å². The number of hydrogen-bond acceptors (Lipinski definition) is 3. The second kappa shape index (κ2) is 4.86. The first-order valence-corrected chi connectivity index (χ1v) is 6.77. The van der Waals surface area contributed by atoms with E-state index < -0.39 is 0 Å². The van der Waals surface area contributed by atoms with Gasteiger partial charge in [0.15, 0.2) is 11.3 Å². The first kappa shape index (κ1) is 11.4. The van der Waals surface area contributed by atoms with E-state index in [-0.39, 0.29) is 6.10 Å². The summed E-state index contributed by atoms with van der Waals surface area (Å²) in [4.78, 5) is 0. The highest BCUT2D eigenvalue weighted by molar-refractivity contribution is 7.07. The molecule has 3 heteroatoms. The third kappa shape index (κ3) is 2.02. The summed E-state index contributed by atoms with van der Waals surface area (Å²) in [6.07, 6.45) is 2.35. The maximum absolute atomic E-state index is 6.03. The van der Waals surface area contributed by atoms with Crippen LogP contribution in [-0.2, 0) is 0 Å². The summed E-state index contributed by atoms with van der Waals surface area (Å²) < 4.78 is 11.5. The smallest absolute Gasteiger partial charge is 0.175 e. The van der Waals surface area contributed by atoms with Crippen LogP contribution < -0.4 is 4.74 Å². The van der Waals surface area contributed by atoms with E-state index in [2.05, 4.69) is 23.8 Å². The Bertz CT molecular complexity index is 625. The molecular formula is C15H13O2S. The number of furan rings is 1. The first-order chi connectivity index (χ1) is 8.88. The second-order valence-electron chi connectivity index (χ2n) is 4.05. The standard InChI is InChI=1S/C15H13O2S/c1-2-13(12-7-9-18-10-12)17-14-5-3-4-11-6-8-16-15(11)14/h3-10,13H,1-2H2/t13-/m0/s1. The normalized spacial score (nSPS) is 12.7. The van der Waals surface area contributed by atoms with Gasteiger partial charge in [0, 0.05) is 10.9 Å². The predicted octanol–water partition coefficient (Wildman–Crippen LogP) is 4.84. The maximum atomic E-state index is 6.03. The minimum Gasteiger partial charge on any atom is -0.482 e. The minimum absolute atomic E-state index is 0.0213. The molecule has 1 aromatic carbocycles. The third-order valence-corrected chi connectivity index (χ3v) is 3.59. The molecule has 1 radical (unpaired) electrons. The molecule has 0 bridgehead atoms. The molecule has 0 amide bonds. The minimum atomic E-state index is -0.0213. The predicted molar refractivity (Wildman–Crippen MR) is 73.9 cm³/mol. The molecule has 0 fully saturated rings. The third-order valence-electron chi connectivity index (χ3n) is 2.89. The van der Waals surface area contributed by atoms with Gasteiger partial charge in [-0.25, -0.2) is 0 Å². The van der Waals surface area contributed by atoms with E-state index in [1.54, 1.807) is 17.6 Å². The molecule has 2 aromatic heterocycles. The van der Waals surface area contributed by atoms with Gasteiger partial charge in [0.05, 0.1) is 6.26 Å². The van der Waals surface area contributed by atoms with E-state index in [1.807, 2.05) is 24.3 Å². The van der Waals surface area contributed by atoms with Crippen LogP contribution in [0.15, 0.2) is 51.8 Å². The summed E-state index contributed by atoms with van der Waals surface area (Å²) in [7, 11) is 0. The van der Waals surface area contributed by atoms with Gasteiger partial charge in [-0.1, -0.05) is 12.1 Å². The van der Waals surface area contributed by atoms with Crippen LogP contribution in [0.4, 0.5) is 0 Å². The Morgan fingerprint density at radius 3 is 3.00 bits per heavy atom. The number of fused-ring (bicyclic) bond motifs is 1. The van der Waals surface area contributed by atoms with Gasteiger partial charge in [0.2, 0.25) is 0 Å². The SMILES string of the molecule is [CH2]C[C@H](Oc1cccc2ccoc12)c1ccsc1. The lowest BCUT2D eigenvalue weighted by Gasteiger charge is -2.16. The molecule has 3 aromatic rings. The zero-order chi connectivity index (χ0) is 12.4. The van der Waals surface area contributed by atoms with Gasteiger partial charge in [-0.2, -0.15) is 11.3 Å². The number of para-hydroxylation sites is 1. The monoisotopic (exact) mass is 257 g/mol. The van der Waals surface area contributed by atoms with E-state index in [4.69, 9.17) is 9.15 Å². The van der Waals surface area contributed by atoms with E-state index >= 15 is 0 Å². The van der Waals surface area contributed by atoms with Gasteiger partial charge in [0.25, 0.3) is 0 Å². The number of thiophene rings is 1. The Labute approximate surface area is 110 Å². The van der Waals surface area contributed by atoms with Crippen LogP contribution in [0.2, 0.25) is 0 Å². The van der Waals surface area contributed by atoms with Crippen molar-refractivity contribution >= 4 is 22.3 Å². The highest BCUT2D eigenvalue weighted by atomic mass is 32.1. The Balaban J connectivity index is 1.93. The molecule has 3 rings (SSSR count). The molecule has 0 aliphatic carbocycles. The first-order valence-electron chi connectivity index (χ1n) is 5.82. The molecule has 0 saturated carbocycles. The van der Waals surface area contributed by atoms with E-state index in [0.717, 1.165) is 16.7 Å². The molecule has 0 spiro atoms. The molecule has 1 atom stereocenters. The Morgan fingerprint density at radius 2 is 2.22 bits per heavy atom. The molecular weight excluding hydrogens is 244 g/mol. The van der Waals surface area contributed by atoms with Gasteiger partial charge < -0.3 is 9.15 Å². The van der Waals surface area contributed by atoms with Gasteiger partial charge in [-0.05, 0) is 42.3 Å². The van der Waals surface area contributed by atoms with E-state index in [9.17, 15) is 0 Å². The summed E-state index contributed by atoms with van der Waals surface area (Å²) in [5, 5.41) is 5.20. The van der Waals surface area contributed by atoms with E-state index in [0.29, 0.717) is 6.42 Å². The summed E-state index contributed by atoms with van der Waals surface area (Å²) in [6.45, 7) is 3.95. The maximum Gasteiger partial charge on any atom is 0.175 e. The molecule has 0 saturated heterocycles. The van der Waals surface area contributed by atoms with Crippen LogP contribution in [0, 0.1) is 6.92 Å². The Hall–Kier alpha value is -1.74. The van der Waals surface area contributed by atoms with Crippen LogP contribution in [-0.4, -0.2) is 0 Å². The zero-order valence-corrected chi connectivity index (χ0v) is 10.7. The molecule has 0 aliphatic rings.